The van der Waals surface area contributed by atoms with Crippen LogP contribution in [0.2, 0.25) is 0 Å². The van der Waals surface area contributed by atoms with E-state index >= 15 is 0 Å². The Hall–Kier alpha value is -1.30. The van der Waals surface area contributed by atoms with E-state index in [2.05, 4.69) is 0 Å². The van der Waals surface area contributed by atoms with Crippen molar-refractivity contribution in [3.63, 3.8) is 0 Å². The molecule has 17 heavy (non-hydrogen) atoms. The first-order valence-corrected chi connectivity index (χ1v) is 5.66. The van der Waals surface area contributed by atoms with Gasteiger partial charge in [-0.05, 0) is 20.3 Å². The van der Waals surface area contributed by atoms with Gasteiger partial charge in [0.2, 0.25) is 0 Å². The van der Waals surface area contributed by atoms with Crippen molar-refractivity contribution >= 4 is 12.0 Å². The molecule has 0 aromatic heterocycles. The molecule has 2 amide bonds. The number of carbonyl (C=O) groups excluding carboxylic acids is 1. The molecule has 1 saturated heterocycles. The van der Waals surface area contributed by atoms with Gasteiger partial charge >= 0.3 is 12.0 Å². The lowest BCUT2D eigenvalue weighted by atomic mass is 10.1. The average Bonchev–Trinajstić information content (AvgIpc) is 2.76. The number of aliphatic carboxylic acids is 1. The number of amides is 2. The summed E-state index contributed by atoms with van der Waals surface area (Å²) < 4.78 is 0. The highest BCUT2D eigenvalue weighted by atomic mass is 16.4. The van der Waals surface area contributed by atoms with Crippen molar-refractivity contribution in [3.05, 3.63) is 0 Å². The third kappa shape index (κ3) is 2.88. The van der Waals surface area contributed by atoms with Crippen molar-refractivity contribution in [2.75, 3.05) is 26.7 Å². The number of aliphatic hydroxyl groups is 1. The number of nitrogens with zero attached hydrogens (tertiary/aromatic N) is 2. The molecule has 98 valence electrons. The Bertz CT molecular complexity index is 317. The minimum absolute atomic E-state index is 0.133. The number of urea groups is 1. The molecule has 0 radical (unpaired) electrons. The lowest BCUT2D eigenvalue weighted by Gasteiger charge is -2.36. The van der Waals surface area contributed by atoms with Gasteiger partial charge in [-0.15, -0.1) is 0 Å². The highest BCUT2D eigenvalue weighted by molar-refractivity contribution is 5.77. The van der Waals surface area contributed by atoms with Crippen molar-refractivity contribution in [3.8, 4) is 0 Å². The van der Waals surface area contributed by atoms with Gasteiger partial charge in [-0.3, -0.25) is 4.79 Å². The van der Waals surface area contributed by atoms with E-state index in [1.54, 1.807) is 20.9 Å². The first kappa shape index (κ1) is 13.8. The summed E-state index contributed by atoms with van der Waals surface area (Å²) in [5.41, 5.74) is -0.640. The van der Waals surface area contributed by atoms with Crippen LogP contribution in [0.5, 0.6) is 0 Å². The number of carbonyl (C=O) groups is 2. The molecule has 1 unspecified atom stereocenters. The van der Waals surface area contributed by atoms with Gasteiger partial charge in [-0.25, -0.2) is 4.79 Å². The zero-order chi connectivity index (χ0) is 13.2. The molecular weight excluding hydrogens is 224 g/mol. The third-order valence-electron chi connectivity index (χ3n) is 3.39. The molecule has 0 aliphatic carbocycles. The lowest BCUT2D eigenvalue weighted by Crippen LogP contribution is -2.52. The fraction of sp³-hybridized carbons (Fsp3) is 0.818. The van der Waals surface area contributed by atoms with Crippen molar-refractivity contribution < 1.29 is 19.8 Å². The fourth-order valence-electron chi connectivity index (χ4n) is 1.71. The molecule has 1 aliphatic rings. The smallest absolute Gasteiger partial charge is 0.320 e. The van der Waals surface area contributed by atoms with Gasteiger partial charge < -0.3 is 20.0 Å². The number of rotatable bonds is 3. The van der Waals surface area contributed by atoms with Crippen LogP contribution in [-0.4, -0.2) is 64.3 Å². The van der Waals surface area contributed by atoms with Gasteiger partial charge in [0.25, 0.3) is 0 Å². The zero-order valence-electron chi connectivity index (χ0n) is 10.5. The Labute approximate surface area is 101 Å². The molecule has 0 bridgehead atoms. The fourth-order valence-corrected chi connectivity index (χ4v) is 1.71. The maximum absolute atomic E-state index is 12.1. The van der Waals surface area contributed by atoms with Gasteiger partial charge in [-0.2, -0.15) is 0 Å². The largest absolute Gasteiger partial charge is 0.481 e. The minimum atomic E-state index is -0.857. The Kier molecular flexibility index (Phi) is 3.98. The van der Waals surface area contributed by atoms with Crippen LogP contribution in [-0.2, 0) is 4.79 Å². The molecule has 6 nitrogen and oxygen atoms in total. The van der Waals surface area contributed by atoms with Gasteiger partial charge in [0.15, 0.2) is 0 Å². The highest BCUT2D eigenvalue weighted by Crippen LogP contribution is 2.20. The van der Waals surface area contributed by atoms with Gasteiger partial charge in [-0.1, -0.05) is 0 Å². The van der Waals surface area contributed by atoms with E-state index in [4.69, 9.17) is 5.11 Å². The van der Waals surface area contributed by atoms with Crippen molar-refractivity contribution in [2.45, 2.75) is 25.8 Å². The summed E-state index contributed by atoms with van der Waals surface area (Å²) in [6.07, 6.45) is 0.495. The van der Waals surface area contributed by atoms with E-state index in [9.17, 15) is 14.7 Å². The first-order valence-electron chi connectivity index (χ1n) is 5.66. The van der Waals surface area contributed by atoms with E-state index in [1.165, 1.54) is 9.80 Å². The summed E-state index contributed by atoms with van der Waals surface area (Å²) in [6, 6.07) is -0.229. The van der Waals surface area contributed by atoms with E-state index in [0.717, 1.165) is 0 Å². The monoisotopic (exact) mass is 244 g/mol. The van der Waals surface area contributed by atoms with Gasteiger partial charge in [0.1, 0.15) is 0 Å². The van der Waals surface area contributed by atoms with E-state index in [1.807, 2.05) is 0 Å². The lowest BCUT2D eigenvalue weighted by molar-refractivity contribution is -0.141. The van der Waals surface area contributed by atoms with Crippen LogP contribution in [0.15, 0.2) is 0 Å². The molecule has 2 N–H and O–H groups in total. The standard InChI is InChI=1S/C11H20N2O4/c1-11(2,7-14)12(3)10(17)13-5-4-8(6-13)9(15)16/h8,14H,4-7H2,1-3H3,(H,15,16). The number of hydrogen-bond acceptors (Lipinski definition) is 3. The first-order chi connectivity index (χ1) is 7.79. The van der Waals surface area contributed by atoms with Crippen LogP contribution in [0.25, 0.3) is 0 Å². The van der Waals surface area contributed by atoms with Crippen LogP contribution in [0.1, 0.15) is 20.3 Å². The maximum Gasteiger partial charge on any atom is 0.320 e. The van der Waals surface area contributed by atoms with Crippen molar-refractivity contribution in [1.29, 1.82) is 0 Å². The minimum Gasteiger partial charge on any atom is -0.481 e. The Balaban J connectivity index is 2.64. The Morgan fingerprint density at radius 3 is 2.47 bits per heavy atom. The number of carboxylic acid groups (broad SMARTS) is 1. The number of hydrogen-bond donors (Lipinski definition) is 2. The SMILES string of the molecule is CN(C(=O)N1CCC(C(=O)O)C1)C(C)(C)CO. The molecule has 1 heterocycles. The Morgan fingerprint density at radius 2 is 2.06 bits per heavy atom. The summed E-state index contributed by atoms with van der Waals surface area (Å²) in [6.45, 7) is 4.10. The molecular formula is C11H20N2O4. The number of carboxylic acids is 1. The maximum atomic E-state index is 12.1. The summed E-state index contributed by atoms with van der Waals surface area (Å²) in [4.78, 5) is 25.8. The summed E-state index contributed by atoms with van der Waals surface area (Å²) >= 11 is 0. The zero-order valence-corrected chi connectivity index (χ0v) is 10.5. The van der Waals surface area contributed by atoms with E-state index in [0.29, 0.717) is 13.0 Å². The van der Waals surface area contributed by atoms with Crippen LogP contribution < -0.4 is 0 Å². The summed E-state index contributed by atoms with van der Waals surface area (Å²) in [5.74, 6) is -1.33. The predicted molar refractivity (Wildman–Crippen MR) is 61.6 cm³/mol. The molecule has 6 heteroatoms. The van der Waals surface area contributed by atoms with Gasteiger partial charge in [0.05, 0.1) is 18.1 Å². The topological polar surface area (TPSA) is 81.1 Å². The van der Waals surface area contributed by atoms with E-state index < -0.39 is 17.4 Å². The molecule has 0 aromatic rings. The second-order valence-corrected chi connectivity index (χ2v) is 5.08. The summed E-state index contributed by atoms with van der Waals surface area (Å²) in [7, 11) is 1.62. The van der Waals surface area contributed by atoms with Crippen LogP contribution >= 0.6 is 0 Å². The quantitative estimate of drug-likeness (QED) is 0.744. The Morgan fingerprint density at radius 1 is 1.47 bits per heavy atom. The van der Waals surface area contributed by atoms with Gasteiger partial charge in [0, 0.05) is 20.1 Å². The van der Waals surface area contributed by atoms with Crippen molar-refractivity contribution in [1.82, 2.24) is 9.80 Å². The highest BCUT2D eigenvalue weighted by Gasteiger charge is 2.35. The van der Waals surface area contributed by atoms with Crippen LogP contribution in [0.4, 0.5) is 4.79 Å². The molecule has 1 rings (SSSR count). The second kappa shape index (κ2) is 4.91. The molecule has 0 spiro atoms. The molecule has 1 atom stereocenters. The average molecular weight is 244 g/mol. The third-order valence-corrected chi connectivity index (χ3v) is 3.39. The van der Waals surface area contributed by atoms with Crippen LogP contribution in [0, 0.1) is 5.92 Å². The second-order valence-electron chi connectivity index (χ2n) is 5.08. The molecule has 0 aromatic carbocycles. The normalized spacial score (nSPS) is 20.5. The number of likely N-dealkylation sites (tertiary alicyclic amines) is 1. The van der Waals surface area contributed by atoms with Crippen molar-refractivity contribution in [2.24, 2.45) is 5.92 Å². The molecule has 1 aliphatic heterocycles. The number of aliphatic hydroxyl groups excluding tert-OH is 1. The van der Waals surface area contributed by atoms with Crippen LogP contribution in [0.3, 0.4) is 0 Å². The molecule has 0 saturated carbocycles. The number of likely N-dealkylation sites (N-methyl/N-ethyl adjacent to an activating group) is 1. The predicted octanol–water partition coefficient (Wildman–Crippen LogP) is 0.216. The summed E-state index contributed by atoms with van der Waals surface area (Å²) in [5, 5.41) is 18.1. The molecule has 1 fully saturated rings. The van der Waals surface area contributed by atoms with E-state index in [-0.39, 0.29) is 19.2 Å².